The number of fused-ring (bicyclic) bond motifs is 1. The van der Waals surface area contributed by atoms with Crippen molar-refractivity contribution in [2.24, 2.45) is 0 Å². The summed E-state index contributed by atoms with van der Waals surface area (Å²) in [4.78, 5) is 24.3. The zero-order chi connectivity index (χ0) is 25.0. The van der Waals surface area contributed by atoms with E-state index in [1.54, 1.807) is 0 Å². The number of nitrogens with one attached hydrogen (secondary N) is 2. The van der Waals surface area contributed by atoms with E-state index >= 15 is 0 Å². The van der Waals surface area contributed by atoms with Crippen LogP contribution in [0.25, 0.3) is 21.9 Å². The van der Waals surface area contributed by atoms with Crippen molar-refractivity contribution in [2.45, 2.75) is 32.3 Å². The molecule has 0 aromatic heterocycles. The van der Waals surface area contributed by atoms with E-state index in [9.17, 15) is 9.59 Å². The number of anilines is 1. The summed E-state index contributed by atoms with van der Waals surface area (Å²) in [5.74, 6) is -0.113. The summed E-state index contributed by atoms with van der Waals surface area (Å²) in [7, 11) is 0. The van der Waals surface area contributed by atoms with E-state index in [0.717, 1.165) is 47.0 Å². The van der Waals surface area contributed by atoms with Gasteiger partial charge in [-0.1, -0.05) is 85.3 Å². The lowest BCUT2D eigenvalue weighted by Gasteiger charge is -2.09. The molecular formula is C31H32N2O3. The molecule has 0 saturated heterocycles. The molecule has 0 atom stereocenters. The standard InChI is InChI=1S/C31H32N2O3/c34-30(33-29-15-9-14-28(21-29)25-10-3-1-4-11-25)16-5-2-8-19-32-31(35)23-36-22-24-17-18-26-12-6-7-13-27(26)20-24/h1,3-4,6-7,9-15,17-18,20-21H,2,5,8,16,19,22-23H2,(H,32,35)(H,33,34). The molecule has 2 amide bonds. The minimum absolute atomic E-state index is 0.00587. The van der Waals surface area contributed by atoms with Crippen LogP contribution in [0, 0.1) is 0 Å². The molecule has 0 unspecified atom stereocenters. The number of carbonyl (C=O) groups excluding carboxylic acids is 2. The normalized spacial score (nSPS) is 10.8. The Kier molecular flexibility index (Phi) is 9.23. The molecule has 5 heteroatoms. The summed E-state index contributed by atoms with van der Waals surface area (Å²) >= 11 is 0. The van der Waals surface area contributed by atoms with E-state index in [1.807, 2.05) is 60.7 Å². The predicted molar refractivity (Wildman–Crippen MR) is 146 cm³/mol. The molecule has 0 bridgehead atoms. The summed E-state index contributed by atoms with van der Waals surface area (Å²) in [6, 6.07) is 32.3. The van der Waals surface area contributed by atoms with Gasteiger partial charge in [0.2, 0.25) is 11.8 Å². The SMILES string of the molecule is O=C(COCc1ccc2ccccc2c1)NCCCCCC(=O)Nc1cccc(-c2ccccc2)c1. The van der Waals surface area contributed by atoms with Crippen LogP contribution in [-0.4, -0.2) is 25.0 Å². The van der Waals surface area contributed by atoms with Crippen LogP contribution in [0.3, 0.4) is 0 Å². The number of ether oxygens (including phenoxy) is 1. The van der Waals surface area contributed by atoms with E-state index < -0.39 is 0 Å². The zero-order valence-corrected chi connectivity index (χ0v) is 20.4. The molecule has 4 aromatic rings. The maximum absolute atomic E-state index is 12.3. The predicted octanol–water partition coefficient (Wildman–Crippen LogP) is 6.34. The first-order valence-corrected chi connectivity index (χ1v) is 12.4. The van der Waals surface area contributed by atoms with E-state index in [1.165, 1.54) is 5.39 Å². The molecule has 0 aliphatic carbocycles. The number of unbranched alkanes of at least 4 members (excludes halogenated alkanes) is 2. The van der Waals surface area contributed by atoms with Gasteiger partial charge in [-0.05, 0) is 58.5 Å². The van der Waals surface area contributed by atoms with Crippen LogP contribution in [0.15, 0.2) is 97.1 Å². The molecule has 2 N–H and O–H groups in total. The van der Waals surface area contributed by atoms with Gasteiger partial charge in [0.15, 0.2) is 0 Å². The van der Waals surface area contributed by atoms with Crippen LogP contribution in [0.5, 0.6) is 0 Å². The molecule has 0 saturated carbocycles. The van der Waals surface area contributed by atoms with Gasteiger partial charge < -0.3 is 15.4 Å². The smallest absolute Gasteiger partial charge is 0.246 e. The molecule has 36 heavy (non-hydrogen) atoms. The zero-order valence-electron chi connectivity index (χ0n) is 20.4. The molecule has 4 aromatic carbocycles. The second-order valence-electron chi connectivity index (χ2n) is 8.83. The van der Waals surface area contributed by atoms with Crippen molar-refractivity contribution in [3.63, 3.8) is 0 Å². The average molecular weight is 481 g/mol. The second-order valence-corrected chi connectivity index (χ2v) is 8.83. The highest BCUT2D eigenvalue weighted by molar-refractivity contribution is 5.91. The lowest BCUT2D eigenvalue weighted by molar-refractivity contribution is -0.126. The molecule has 0 fully saturated rings. The summed E-state index contributed by atoms with van der Waals surface area (Å²) in [6.07, 6.45) is 2.93. The van der Waals surface area contributed by atoms with E-state index in [0.29, 0.717) is 19.6 Å². The number of hydrogen-bond acceptors (Lipinski definition) is 3. The molecule has 0 radical (unpaired) electrons. The van der Waals surface area contributed by atoms with Gasteiger partial charge in [-0.2, -0.15) is 0 Å². The number of hydrogen-bond donors (Lipinski definition) is 2. The Labute approximate surface area is 212 Å². The van der Waals surface area contributed by atoms with Gasteiger partial charge in [0, 0.05) is 18.7 Å². The highest BCUT2D eigenvalue weighted by Crippen LogP contribution is 2.22. The fourth-order valence-corrected chi connectivity index (χ4v) is 4.09. The van der Waals surface area contributed by atoms with E-state index in [4.69, 9.17) is 4.74 Å². The summed E-state index contributed by atoms with van der Waals surface area (Å²) in [6.45, 7) is 1.03. The fraction of sp³-hybridized carbons (Fsp3) is 0.226. The molecule has 184 valence electrons. The van der Waals surface area contributed by atoms with Crippen LogP contribution in [0.4, 0.5) is 5.69 Å². The molecule has 0 spiro atoms. The molecule has 5 nitrogen and oxygen atoms in total. The summed E-state index contributed by atoms with van der Waals surface area (Å²) in [5.41, 5.74) is 4.05. The summed E-state index contributed by atoms with van der Waals surface area (Å²) in [5, 5.41) is 8.22. The van der Waals surface area contributed by atoms with Crippen LogP contribution in [0.1, 0.15) is 31.2 Å². The Hall–Kier alpha value is -3.96. The number of amides is 2. The van der Waals surface area contributed by atoms with E-state index in [-0.39, 0.29) is 18.4 Å². The van der Waals surface area contributed by atoms with Gasteiger partial charge in [0.05, 0.1) is 6.61 Å². The Morgan fingerprint density at radius 2 is 1.44 bits per heavy atom. The van der Waals surface area contributed by atoms with Crippen LogP contribution >= 0.6 is 0 Å². The van der Waals surface area contributed by atoms with Crippen LogP contribution in [0.2, 0.25) is 0 Å². The minimum atomic E-state index is -0.119. The van der Waals surface area contributed by atoms with Gasteiger partial charge in [-0.3, -0.25) is 9.59 Å². The van der Waals surface area contributed by atoms with Crippen molar-refractivity contribution < 1.29 is 14.3 Å². The van der Waals surface area contributed by atoms with Crippen molar-refractivity contribution in [2.75, 3.05) is 18.5 Å². The largest absolute Gasteiger partial charge is 0.367 e. The van der Waals surface area contributed by atoms with Gasteiger partial charge in [0.1, 0.15) is 6.61 Å². The lowest BCUT2D eigenvalue weighted by atomic mass is 10.1. The average Bonchev–Trinajstić information content (AvgIpc) is 2.91. The topological polar surface area (TPSA) is 67.4 Å². The highest BCUT2D eigenvalue weighted by atomic mass is 16.5. The van der Waals surface area contributed by atoms with Crippen molar-refractivity contribution in [1.82, 2.24) is 5.32 Å². The molecular weight excluding hydrogens is 448 g/mol. The number of benzene rings is 4. The molecule has 0 aliphatic heterocycles. The van der Waals surface area contributed by atoms with Crippen molar-refractivity contribution in [3.8, 4) is 11.1 Å². The Morgan fingerprint density at radius 1 is 0.667 bits per heavy atom. The van der Waals surface area contributed by atoms with Gasteiger partial charge in [-0.15, -0.1) is 0 Å². The lowest BCUT2D eigenvalue weighted by Crippen LogP contribution is -2.28. The number of carbonyl (C=O) groups is 2. The first kappa shape index (κ1) is 25.1. The first-order valence-electron chi connectivity index (χ1n) is 12.4. The summed E-state index contributed by atoms with van der Waals surface area (Å²) < 4.78 is 5.57. The Morgan fingerprint density at radius 3 is 2.31 bits per heavy atom. The highest BCUT2D eigenvalue weighted by Gasteiger charge is 2.05. The minimum Gasteiger partial charge on any atom is -0.367 e. The fourth-order valence-electron chi connectivity index (χ4n) is 4.09. The molecule has 0 heterocycles. The quantitative estimate of drug-likeness (QED) is 0.233. The Balaban J connectivity index is 1.07. The van der Waals surface area contributed by atoms with Crippen molar-refractivity contribution in [1.29, 1.82) is 0 Å². The number of rotatable bonds is 12. The Bertz CT molecular complexity index is 1290. The third kappa shape index (κ3) is 7.79. The van der Waals surface area contributed by atoms with Crippen LogP contribution in [-0.2, 0) is 20.9 Å². The van der Waals surface area contributed by atoms with Gasteiger partial charge >= 0.3 is 0 Å². The van der Waals surface area contributed by atoms with Gasteiger partial charge in [0.25, 0.3) is 0 Å². The van der Waals surface area contributed by atoms with Crippen molar-refractivity contribution >= 4 is 28.3 Å². The third-order valence-electron chi connectivity index (χ3n) is 5.97. The monoisotopic (exact) mass is 480 g/mol. The maximum Gasteiger partial charge on any atom is 0.246 e. The maximum atomic E-state index is 12.3. The second kappa shape index (κ2) is 13.2. The van der Waals surface area contributed by atoms with Crippen molar-refractivity contribution in [3.05, 3.63) is 103 Å². The molecule has 4 rings (SSSR count). The first-order chi connectivity index (χ1) is 17.7. The molecule has 0 aliphatic rings. The third-order valence-corrected chi connectivity index (χ3v) is 5.97. The van der Waals surface area contributed by atoms with Crippen LogP contribution < -0.4 is 10.6 Å². The van der Waals surface area contributed by atoms with Gasteiger partial charge in [-0.25, -0.2) is 0 Å². The van der Waals surface area contributed by atoms with E-state index in [2.05, 4.69) is 47.0 Å².